The van der Waals surface area contributed by atoms with E-state index in [2.05, 4.69) is 54.2 Å². The molecule has 1 atom stereocenters. The highest BCUT2D eigenvalue weighted by Crippen LogP contribution is 2.21. The Morgan fingerprint density at radius 2 is 0.554 bits per heavy atom. The van der Waals surface area contributed by atoms with Crippen molar-refractivity contribution in [2.24, 2.45) is 0 Å². The fourth-order valence-corrected chi connectivity index (χ4v) is 10.9. The Hall–Kier alpha value is -0.160. The Morgan fingerprint density at radius 3 is 0.892 bits per heavy atom. The van der Waals surface area contributed by atoms with E-state index in [4.69, 9.17) is 0 Å². The van der Waals surface area contributed by atoms with E-state index in [9.17, 15) is 0 Å². The van der Waals surface area contributed by atoms with Crippen LogP contribution in [0.15, 0.2) is 0 Å². The van der Waals surface area contributed by atoms with Crippen LogP contribution in [0.1, 0.15) is 324 Å². The molecule has 0 N–H and O–H groups in total. The maximum atomic E-state index is 3.03. The van der Waals surface area contributed by atoms with Gasteiger partial charge in [-0.1, -0.05) is 291 Å². The largest absolute Gasteiger partial charge is 0.302 e. The highest BCUT2D eigenvalue weighted by Gasteiger charge is 2.31. The van der Waals surface area contributed by atoms with Gasteiger partial charge in [0, 0.05) is 32.7 Å². The van der Waals surface area contributed by atoms with E-state index in [-0.39, 0.29) is 0 Å². The zero-order valence-electron chi connectivity index (χ0n) is 46.3. The maximum absolute atomic E-state index is 3.03. The molecule has 1 rings (SSSR count). The van der Waals surface area contributed by atoms with Crippen molar-refractivity contribution in [3.05, 3.63) is 0 Å². The summed E-state index contributed by atoms with van der Waals surface area (Å²) in [4.78, 5) is 11.9. The van der Waals surface area contributed by atoms with Gasteiger partial charge in [-0.25, -0.2) is 0 Å². The van der Waals surface area contributed by atoms with Crippen molar-refractivity contribution in [2.45, 2.75) is 330 Å². The summed E-state index contributed by atoms with van der Waals surface area (Å²) >= 11 is 0. The van der Waals surface area contributed by atoms with E-state index in [0.29, 0.717) is 6.17 Å². The van der Waals surface area contributed by atoms with Crippen molar-refractivity contribution < 1.29 is 0 Å². The van der Waals surface area contributed by atoms with E-state index in [1.54, 1.807) is 0 Å². The minimum Gasteiger partial charge on any atom is -0.302 e. The topological polar surface area (TPSA) is 13.0 Å². The Bertz CT molecular complexity index is 856. The summed E-state index contributed by atoms with van der Waals surface area (Å²) in [5, 5.41) is 0. The molecule has 1 fully saturated rings. The molecule has 1 aliphatic rings. The molecule has 0 saturated carbocycles. The lowest BCUT2D eigenvalue weighted by atomic mass is 10.1. The maximum Gasteiger partial charge on any atom is 0.0754 e. The van der Waals surface area contributed by atoms with Crippen LogP contribution >= 0.6 is 0 Å². The third-order valence-electron chi connectivity index (χ3n) is 15.5. The van der Waals surface area contributed by atoms with Crippen LogP contribution < -0.4 is 0 Å². The van der Waals surface area contributed by atoms with Crippen molar-refractivity contribution in [1.82, 2.24) is 19.6 Å². The van der Waals surface area contributed by atoms with Crippen molar-refractivity contribution in [3.8, 4) is 0 Å². The summed E-state index contributed by atoms with van der Waals surface area (Å²) in [6, 6.07) is 0. The van der Waals surface area contributed by atoms with Crippen molar-refractivity contribution >= 4 is 0 Å². The number of rotatable bonds is 54. The first-order valence-electron chi connectivity index (χ1n) is 31.1. The monoisotopic (exact) mass is 915 g/mol. The molecule has 0 spiro atoms. The third-order valence-corrected chi connectivity index (χ3v) is 15.5. The molecular formula is C61H126N4. The summed E-state index contributed by atoms with van der Waals surface area (Å²) in [7, 11) is 0. The van der Waals surface area contributed by atoms with Crippen LogP contribution in [0, 0.1) is 0 Å². The average molecular weight is 916 g/mol. The van der Waals surface area contributed by atoms with Crippen LogP contribution in [0.5, 0.6) is 0 Å². The second-order valence-electron chi connectivity index (χ2n) is 21.8. The molecule has 1 saturated heterocycles. The zero-order valence-corrected chi connectivity index (χ0v) is 46.3. The van der Waals surface area contributed by atoms with E-state index in [1.165, 1.54) is 354 Å². The molecule has 1 heterocycles. The molecule has 0 aliphatic carbocycles. The Kier molecular flexibility index (Phi) is 50.0. The third kappa shape index (κ3) is 41.3. The number of unbranched alkanes of at least 4 members (excludes halogenated alkanes) is 40. The van der Waals surface area contributed by atoms with Crippen molar-refractivity contribution in [2.75, 3.05) is 65.4 Å². The molecule has 1 aliphatic heterocycles. The predicted molar refractivity (Wildman–Crippen MR) is 296 cm³/mol. The summed E-state index contributed by atoms with van der Waals surface area (Å²) in [6.45, 7) is 24.7. The number of piperazine rings is 1. The molecule has 0 aromatic carbocycles. The smallest absolute Gasteiger partial charge is 0.0754 e. The lowest BCUT2D eigenvalue weighted by molar-refractivity contribution is -0.0267. The molecular weight excluding hydrogens is 789 g/mol. The Labute approximate surface area is 413 Å². The van der Waals surface area contributed by atoms with Crippen LogP contribution in [-0.4, -0.2) is 91.2 Å². The van der Waals surface area contributed by atoms with Crippen molar-refractivity contribution in [3.63, 3.8) is 0 Å². The van der Waals surface area contributed by atoms with E-state index < -0.39 is 0 Å². The average Bonchev–Trinajstić information content (AvgIpc) is 3.32. The molecule has 0 radical (unpaired) electrons. The van der Waals surface area contributed by atoms with Gasteiger partial charge in [0.15, 0.2) is 0 Å². The van der Waals surface area contributed by atoms with Gasteiger partial charge in [0.05, 0.1) is 6.17 Å². The second kappa shape index (κ2) is 51.7. The molecule has 65 heavy (non-hydrogen) atoms. The Morgan fingerprint density at radius 1 is 0.277 bits per heavy atom. The minimum atomic E-state index is 0.615. The minimum absolute atomic E-state index is 0.615. The van der Waals surface area contributed by atoms with Crippen molar-refractivity contribution in [1.29, 1.82) is 0 Å². The standard InChI is InChI=1S/C61H126N4/c1-6-11-16-21-25-29-33-37-40-44-49-54-64(53-48-20-15-10-5)61-60-63(58-59-65(61)55-50-45-41-36-32-28-24-19-14-9-4)57-56-62(51-46-42-38-34-30-26-22-17-12-7-2)52-47-43-39-35-31-27-23-18-13-8-3/h61H,6-60H2,1-5H3. The van der Waals surface area contributed by atoms with Gasteiger partial charge in [-0.3, -0.25) is 14.7 Å². The molecule has 1 unspecified atom stereocenters. The fraction of sp³-hybridized carbons (Fsp3) is 1.00. The SMILES string of the molecule is CCCCCCCCCCCCCN(CCCCCC)C1CN(CCN(CCCCCCCCCCCC)CCCCCCCCCCCC)CCN1CCCCCCCCCCCC. The summed E-state index contributed by atoms with van der Waals surface area (Å²) in [6.07, 6.45) is 65.2. The second-order valence-corrected chi connectivity index (χ2v) is 21.8. The molecule has 0 amide bonds. The highest BCUT2D eigenvalue weighted by atomic mass is 15.4. The van der Waals surface area contributed by atoms with E-state index >= 15 is 0 Å². The quantitative estimate of drug-likeness (QED) is 0.0564. The number of hydrogen-bond donors (Lipinski definition) is 0. The van der Waals surface area contributed by atoms with Gasteiger partial charge < -0.3 is 4.90 Å². The van der Waals surface area contributed by atoms with Crippen LogP contribution in [0.25, 0.3) is 0 Å². The van der Waals surface area contributed by atoms with Crippen LogP contribution in [0.2, 0.25) is 0 Å². The molecule has 0 bridgehead atoms. The Balaban J connectivity index is 2.84. The normalized spacial score (nSPS) is 15.1. The molecule has 4 nitrogen and oxygen atoms in total. The van der Waals surface area contributed by atoms with Gasteiger partial charge in [-0.15, -0.1) is 0 Å². The summed E-state index contributed by atoms with van der Waals surface area (Å²) in [5.41, 5.74) is 0. The van der Waals surface area contributed by atoms with Gasteiger partial charge in [-0.05, 0) is 64.8 Å². The van der Waals surface area contributed by atoms with Crippen LogP contribution in [0.4, 0.5) is 0 Å². The first-order chi connectivity index (χ1) is 32.2. The molecule has 4 heteroatoms. The lowest BCUT2D eigenvalue weighted by Gasteiger charge is -2.47. The first-order valence-corrected chi connectivity index (χ1v) is 31.1. The first kappa shape index (κ1) is 62.9. The van der Waals surface area contributed by atoms with Gasteiger partial charge in [0.25, 0.3) is 0 Å². The summed E-state index contributed by atoms with van der Waals surface area (Å²) < 4.78 is 0. The zero-order chi connectivity index (χ0) is 46.8. The fourth-order valence-electron chi connectivity index (χ4n) is 10.9. The molecule has 390 valence electrons. The van der Waals surface area contributed by atoms with Gasteiger partial charge in [0.2, 0.25) is 0 Å². The van der Waals surface area contributed by atoms with Gasteiger partial charge in [-0.2, -0.15) is 0 Å². The van der Waals surface area contributed by atoms with E-state index in [0.717, 1.165) is 0 Å². The number of hydrogen-bond acceptors (Lipinski definition) is 4. The molecule has 0 aromatic heterocycles. The van der Waals surface area contributed by atoms with E-state index in [1.807, 2.05) is 0 Å². The number of nitrogens with zero attached hydrogens (tertiary/aromatic N) is 4. The molecule has 0 aromatic rings. The van der Waals surface area contributed by atoms with Crippen LogP contribution in [0.3, 0.4) is 0 Å². The van der Waals surface area contributed by atoms with Crippen LogP contribution in [-0.2, 0) is 0 Å². The summed E-state index contributed by atoms with van der Waals surface area (Å²) in [5.74, 6) is 0. The van der Waals surface area contributed by atoms with Gasteiger partial charge >= 0.3 is 0 Å². The lowest BCUT2D eigenvalue weighted by Crippen LogP contribution is -2.61. The predicted octanol–water partition coefficient (Wildman–Crippen LogP) is 19.2. The highest BCUT2D eigenvalue weighted by molar-refractivity contribution is 4.84. The van der Waals surface area contributed by atoms with Gasteiger partial charge in [0.1, 0.15) is 0 Å².